The van der Waals surface area contributed by atoms with Gasteiger partial charge >= 0.3 is 6.18 Å². The summed E-state index contributed by atoms with van der Waals surface area (Å²) < 4.78 is 39.6. The molecule has 1 aliphatic rings. The first-order valence-corrected chi connectivity index (χ1v) is 6.44. The Morgan fingerprint density at radius 1 is 1.47 bits per heavy atom. The Hall–Kier alpha value is -1.30. The fourth-order valence-electron chi connectivity index (χ4n) is 2.50. The maximum atomic E-state index is 12.7. The Morgan fingerprint density at radius 2 is 2.26 bits per heavy atom. The van der Waals surface area contributed by atoms with E-state index in [2.05, 4.69) is 17.0 Å². The van der Waals surface area contributed by atoms with Gasteiger partial charge in [-0.3, -0.25) is 0 Å². The van der Waals surface area contributed by atoms with Crippen molar-refractivity contribution in [2.75, 3.05) is 0 Å². The number of aromatic nitrogens is 2. The number of rotatable bonds is 4. The molecular weight excluding hydrogens is 255 g/mol. The van der Waals surface area contributed by atoms with Gasteiger partial charge in [-0.25, -0.2) is 4.68 Å². The third kappa shape index (κ3) is 3.83. The molecule has 1 aliphatic carbocycles. The van der Waals surface area contributed by atoms with Crippen LogP contribution in [0.4, 0.5) is 13.2 Å². The summed E-state index contributed by atoms with van der Waals surface area (Å²) in [6.45, 7) is 4.13. The summed E-state index contributed by atoms with van der Waals surface area (Å²) in [5, 5.41) is 7.22. The number of hydrogen-bond acceptors (Lipinski definition) is 2. The summed E-state index contributed by atoms with van der Waals surface area (Å²) in [6, 6.07) is -0.0625. The number of nitrogens with one attached hydrogen (secondary N) is 1. The van der Waals surface area contributed by atoms with E-state index in [4.69, 9.17) is 0 Å². The lowest BCUT2D eigenvalue weighted by molar-refractivity contribution is -0.183. The highest BCUT2D eigenvalue weighted by Crippen LogP contribution is 2.37. The summed E-state index contributed by atoms with van der Waals surface area (Å²) >= 11 is 0. The minimum absolute atomic E-state index is 0.0625. The van der Waals surface area contributed by atoms with E-state index in [1.54, 1.807) is 17.1 Å². The van der Waals surface area contributed by atoms with Crippen molar-refractivity contribution in [3.05, 3.63) is 24.5 Å². The van der Waals surface area contributed by atoms with E-state index in [9.17, 15) is 13.2 Å². The Morgan fingerprint density at radius 3 is 2.89 bits per heavy atom. The van der Waals surface area contributed by atoms with E-state index in [0.29, 0.717) is 13.0 Å². The van der Waals surface area contributed by atoms with Gasteiger partial charge in [0.1, 0.15) is 0 Å². The third-order valence-corrected chi connectivity index (χ3v) is 3.57. The van der Waals surface area contributed by atoms with Crippen LogP contribution < -0.4 is 5.32 Å². The SMILES string of the molecule is C=Cn1cc(CNC2CCCC(C(F)(F)F)C2)cn1. The van der Waals surface area contributed by atoms with E-state index in [1.807, 2.05) is 6.20 Å². The van der Waals surface area contributed by atoms with Crippen molar-refractivity contribution < 1.29 is 13.2 Å². The quantitative estimate of drug-likeness (QED) is 0.913. The van der Waals surface area contributed by atoms with Crippen molar-refractivity contribution in [3.8, 4) is 0 Å². The van der Waals surface area contributed by atoms with Gasteiger partial charge in [-0.2, -0.15) is 18.3 Å². The van der Waals surface area contributed by atoms with Gasteiger partial charge in [0.2, 0.25) is 0 Å². The minimum atomic E-state index is -4.06. The van der Waals surface area contributed by atoms with Gasteiger partial charge in [0.05, 0.1) is 12.1 Å². The molecule has 106 valence electrons. The highest BCUT2D eigenvalue weighted by atomic mass is 19.4. The highest BCUT2D eigenvalue weighted by molar-refractivity contribution is 5.17. The number of halogens is 3. The second-order valence-corrected chi connectivity index (χ2v) is 4.99. The molecule has 19 heavy (non-hydrogen) atoms. The summed E-state index contributed by atoms with van der Waals surface area (Å²) in [5.74, 6) is -1.16. The minimum Gasteiger partial charge on any atom is -0.310 e. The summed E-state index contributed by atoms with van der Waals surface area (Å²) in [5.41, 5.74) is 0.953. The normalized spacial score (nSPS) is 24.4. The number of nitrogens with zero attached hydrogens (tertiary/aromatic N) is 2. The lowest BCUT2D eigenvalue weighted by Gasteiger charge is -2.31. The smallest absolute Gasteiger partial charge is 0.310 e. The van der Waals surface area contributed by atoms with Crippen LogP contribution in [-0.4, -0.2) is 22.0 Å². The van der Waals surface area contributed by atoms with Crippen LogP contribution in [0.15, 0.2) is 19.0 Å². The van der Waals surface area contributed by atoms with Crippen LogP contribution in [0.1, 0.15) is 31.2 Å². The average Bonchev–Trinajstić information content (AvgIpc) is 2.84. The lowest BCUT2D eigenvalue weighted by Crippen LogP contribution is -2.38. The molecule has 0 saturated heterocycles. The Labute approximate surface area is 110 Å². The molecule has 1 aromatic rings. The van der Waals surface area contributed by atoms with Crippen molar-refractivity contribution in [1.82, 2.24) is 15.1 Å². The molecule has 1 saturated carbocycles. The molecule has 0 radical (unpaired) electrons. The molecule has 2 rings (SSSR count). The van der Waals surface area contributed by atoms with E-state index in [-0.39, 0.29) is 18.9 Å². The Bertz CT molecular complexity index is 425. The molecule has 2 atom stereocenters. The average molecular weight is 273 g/mol. The fraction of sp³-hybridized carbons (Fsp3) is 0.615. The van der Waals surface area contributed by atoms with Gasteiger partial charge in [0, 0.05) is 30.5 Å². The second-order valence-electron chi connectivity index (χ2n) is 4.99. The van der Waals surface area contributed by atoms with Crippen LogP contribution in [0.3, 0.4) is 0 Å². The molecule has 0 aromatic carbocycles. The molecule has 0 bridgehead atoms. The van der Waals surface area contributed by atoms with Gasteiger partial charge in [0.15, 0.2) is 0 Å². The second kappa shape index (κ2) is 5.77. The highest BCUT2D eigenvalue weighted by Gasteiger charge is 2.41. The van der Waals surface area contributed by atoms with E-state index in [0.717, 1.165) is 12.0 Å². The van der Waals surface area contributed by atoms with E-state index in [1.165, 1.54) is 0 Å². The summed E-state index contributed by atoms with van der Waals surface area (Å²) in [6.07, 6.45) is 2.89. The van der Waals surface area contributed by atoms with Crippen molar-refractivity contribution in [2.45, 2.75) is 44.4 Å². The number of hydrogen-bond donors (Lipinski definition) is 1. The van der Waals surface area contributed by atoms with Crippen LogP contribution in [-0.2, 0) is 6.54 Å². The molecule has 0 aliphatic heterocycles. The topological polar surface area (TPSA) is 29.9 Å². The summed E-state index contributed by atoms with van der Waals surface area (Å²) in [4.78, 5) is 0. The molecule has 1 N–H and O–H groups in total. The molecular formula is C13H18F3N3. The van der Waals surface area contributed by atoms with Crippen LogP contribution in [0.2, 0.25) is 0 Å². The predicted octanol–water partition coefficient (Wildman–Crippen LogP) is 3.19. The van der Waals surface area contributed by atoms with Gasteiger partial charge in [-0.15, -0.1) is 0 Å². The van der Waals surface area contributed by atoms with Crippen molar-refractivity contribution in [3.63, 3.8) is 0 Å². The third-order valence-electron chi connectivity index (χ3n) is 3.57. The molecule has 0 amide bonds. The molecule has 1 fully saturated rings. The van der Waals surface area contributed by atoms with Gasteiger partial charge in [-0.1, -0.05) is 13.0 Å². The van der Waals surface area contributed by atoms with Crippen LogP contribution >= 0.6 is 0 Å². The van der Waals surface area contributed by atoms with Crippen molar-refractivity contribution in [1.29, 1.82) is 0 Å². The molecule has 3 nitrogen and oxygen atoms in total. The van der Waals surface area contributed by atoms with Crippen molar-refractivity contribution in [2.24, 2.45) is 5.92 Å². The zero-order valence-corrected chi connectivity index (χ0v) is 10.7. The van der Waals surface area contributed by atoms with Crippen LogP contribution in [0.5, 0.6) is 0 Å². The zero-order valence-electron chi connectivity index (χ0n) is 10.7. The zero-order chi connectivity index (χ0) is 13.9. The first-order valence-electron chi connectivity index (χ1n) is 6.44. The fourth-order valence-corrected chi connectivity index (χ4v) is 2.50. The molecule has 0 spiro atoms. The maximum Gasteiger partial charge on any atom is 0.391 e. The first-order chi connectivity index (χ1) is 8.99. The van der Waals surface area contributed by atoms with E-state index >= 15 is 0 Å². The molecule has 2 unspecified atom stereocenters. The van der Waals surface area contributed by atoms with Crippen LogP contribution in [0, 0.1) is 5.92 Å². The predicted molar refractivity (Wildman–Crippen MR) is 67.3 cm³/mol. The van der Waals surface area contributed by atoms with Gasteiger partial charge < -0.3 is 5.32 Å². The van der Waals surface area contributed by atoms with Gasteiger partial charge in [-0.05, 0) is 19.3 Å². The molecule has 1 heterocycles. The molecule has 6 heteroatoms. The summed E-state index contributed by atoms with van der Waals surface area (Å²) in [7, 11) is 0. The Balaban J connectivity index is 1.84. The van der Waals surface area contributed by atoms with E-state index < -0.39 is 12.1 Å². The lowest BCUT2D eigenvalue weighted by atomic mass is 9.85. The Kier molecular flexibility index (Phi) is 4.29. The maximum absolute atomic E-state index is 12.7. The largest absolute Gasteiger partial charge is 0.391 e. The van der Waals surface area contributed by atoms with Crippen LogP contribution in [0.25, 0.3) is 6.20 Å². The first kappa shape index (κ1) is 14.1. The van der Waals surface area contributed by atoms with Crippen molar-refractivity contribution >= 4 is 6.20 Å². The number of alkyl halides is 3. The monoisotopic (exact) mass is 273 g/mol. The molecule has 1 aromatic heterocycles. The van der Waals surface area contributed by atoms with Gasteiger partial charge in [0.25, 0.3) is 0 Å². The standard InChI is InChI=1S/C13H18F3N3/c1-2-19-9-10(8-18-19)7-17-12-5-3-4-11(6-12)13(14,15)16/h2,8-9,11-12,17H,1,3-7H2.